The Hall–Kier alpha value is -2.36. The fourth-order valence-corrected chi connectivity index (χ4v) is 5.19. The summed E-state index contributed by atoms with van der Waals surface area (Å²) < 4.78 is 54.3. The first-order valence-electron chi connectivity index (χ1n) is 9.91. The Bertz CT molecular complexity index is 1020. The van der Waals surface area contributed by atoms with Crippen LogP contribution in [0.4, 0.5) is 8.78 Å². The number of halogens is 2. The maximum atomic E-state index is 14.0. The van der Waals surface area contributed by atoms with Crippen LogP contribution >= 0.6 is 0 Å². The molecule has 1 aliphatic carbocycles. The van der Waals surface area contributed by atoms with Crippen LogP contribution < -0.4 is 5.32 Å². The number of piperazine rings is 1. The van der Waals surface area contributed by atoms with Crippen LogP contribution in [0.25, 0.3) is 0 Å². The molecule has 0 bridgehead atoms. The standard InChI is InChI=1S/C21H23F2N3O3S/c22-16-6-9-18(23)19(14-16)30(28,29)26-12-10-25(11-13-26)20(15-4-2-1-3-5-15)21(27)24-17-7-8-17/h1-6,9,14,17,20H,7-8,10-13H2,(H,24,27)/t20-/m0/s1. The minimum atomic E-state index is -4.17. The van der Waals surface area contributed by atoms with Crippen molar-refractivity contribution in [2.24, 2.45) is 0 Å². The van der Waals surface area contributed by atoms with Crippen molar-refractivity contribution in [2.75, 3.05) is 26.2 Å². The molecule has 0 unspecified atom stereocenters. The number of nitrogens with zero attached hydrogens (tertiary/aromatic N) is 2. The molecule has 30 heavy (non-hydrogen) atoms. The summed E-state index contributed by atoms with van der Waals surface area (Å²) in [6, 6.07) is 11.4. The van der Waals surface area contributed by atoms with Crippen LogP contribution in [0.5, 0.6) is 0 Å². The molecule has 0 spiro atoms. The van der Waals surface area contributed by atoms with Crippen molar-refractivity contribution in [3.05, 3.63) is 65.7 Å². The first-order chi connectivity index (χ1) is 14.4. The first kappa shape index (κ1) is 20.9. The van der Waals surface area contributed by atoms with Gasteiger partial charge in [0.15, 0.2) is 0 Å². The average Bonchev–Trinajstić information content (AvgIpc) is 3.55. The van der Waals surface area contributed by atoms with E-state index in [1.165, 1.54) is 0 Å². The molecule has 1 saturated carbocycles. The lowest BCUT2D eigenvalue weighted by molar-refractivity contribution is -0.127. The summed E-state index contributed by atoms with van der Waals surface area (Å²) in [5.74, 6) is -1.89. The molecule has 2 fully saturated rings. The summed E-state index contributed by atoms with van der Waals surface area (Å²) in [7, 11) is -4.17. The lowest BCUT2D eigenvalue weighted by Gasteiger charge is -2.38. The van der Waals surface area contributed by atoms with E-state index in [1.807, 2.05) is 35.2 Å². The van der Waals surface area contributed by atoms with E-state index >= 15 is 0 Å². The van der Waals surface area contributed by atoms with E-state index in [-0.39, 0.29) is 25.0 Å². The van der Waals surface area contributed by atoms with Crippen LogP contribution in [0.15, 0.2) is 53.4 Å². The van der Waals surface area contributed by atoms with Crippen LogP contribution in [0.2, 0.25) is 0 Å². The molecule has 4 rings (SSSR count). The van der Waals surface area contributed by atoms with Gasteiger partial charge in [0.1, 0.15) is 22.6 Å². The van der Waals surface area contributed by atoms with E-state index in [0.717, 1.165) is 34.8 Å². The third-order valence-electron chi connectivity index (χ3n) is 5.44. The third-order valence-corrected chi connectivity index (χ3v) is 7.35. The van der Waals surface area contributed by atoms with Gasteiger partial charge in [-0.1, -0.05) is 30.3 Å². The summed E-state index contributed by atoms with van der Waals surface area (Å²) in [5.41, 5.74) is 0.836. The normalized spacial score (nSPS) is 19.4. The van der Waals surface area contributed by atoms with Gasteiger partial charge in [-0.3, -0.25) is 9.69 Å². The van der Waals surface area contributed by atoms with E-state index in [4.69, 9.17) is 0 Å². The average molecular weight is 435 g/mol. The van der Waals surface area contributed by atoms with Crippen molar-refractivity contribution in [1.82, 2.24) is 14.5 Å². The van der Waals surface area contributed by atoms with Crippen LogP contribution in [0.3, 0.4) is 0 Å². The van der Waals surface area contributed by atoms with E-state index in [0.29, 0.717) is 19.2 Å². The molecule has 1 saturated heterocycles. The highest BCUT2D eigenvalue weighted by atomic mass is 32.2. The number of hydrogen-bond donors (Lipinski definition) is 1. The van der Waals surface area contributed by atoms with Crippen molar-refractivity contribution in [2.45, 2.75) is 29.8 Å². The minimum absolute atomic E-state index is 0.0817. The molecule has 1 aliphatic heterocycles. The molecule has 1 N–H and O–H groups in total. The van der Waals surface area contributed by atoms with Gasteiger partial charge in [-0.15, -0.1) is 0 Å². The summed E-state index contributed by atoms with van der Waals surface area (Å²) in [6.45, 7) is 0.762. The molecule has 1 amide bonds. The quantitative estimate of drug-likeness (QED) is 0.756. The van der Waals surface area contributed by atoms with Gasteiger partial charge < -0.3 is 5.32 Å². The zero-order valence-corrected chi connectivity index (χ0v) is 17.1. The van der Waals surface area contributed by atoms with Gasteiger partial charge in [-0.05, 0) is 36.6 Å². The molecule has 0 aromatic heterocycles. The fourth-order valence-electron chi connectivity index (χ4n) is 3.69. The van der Waals surface area contributed by atoms with E-state index in [1.54, 1.807) is 0 Å². The second kappa shape index (κ2) is 8.41. The van der Waals surface area contributed by atoms with Gasteiger partial charge in [-0.2, -0.15) is 4.31 Å². The molecule has 160 valence electrons. The molecule has 2 aromatic rings. The van der Waals surface area contributed by atoms with Gasteiger partial charge in [-0.25, -0.2) is 17.2 Å². The fraction of sp³-hybridized carbons (Fsp3) is 0.381. The minimum Gasteiger partial charge on any atom is -0.352 e. The SMILES string of the molecule is O=C(NC1CC1)[C@H](c1ccccc1)N1CCN(S(=O)(=O)c2cc(F)ccc2F)CC1. The summed E-state index contributed by atoms with van der Waals surface area (Å²) >= 11 is 0. The number of amides is 1. The third kappa shape index (κ3) is 4.38. The second-order valence-electron chi connectivity index (χ2n) is 7.61. The topological polar surface area (TPSA) is 69.7 Å². The van der Waals surface area contributed by atoms with E-state index < -0.39 is 32.6 Å². The van der Waals surface area contributed by atoms with Gasteiger partial charge in [0.05, 0.1) is 0 Å². The Morgan fingerprint density at radius 3 is 2.30 bits per heavy atom. The van der Waals surface area contributed by atoms with Crippen molar-refractivity contribution in [3.63, 3.8) is 0 Å². The number of rotatable bonds is 6. The Morgan fingerprint density at radius 1 is 1.00 bits per heavy atom. The molecule has 2 aliphatic rings. The van der Waals surface area contributed by atoms with Gasteiger partial charge in [0.2, 0.25) is 15.9 Å². The monoisotopic (exact) mass is 435 g/mol. The number of benzene rings is 2. The van der Waals surface area contributed by atoms with Crippen molar-refractivity contribution >= 4 is 15.9 Å². The van der Waals surface area contributed by atoms with Crippen molar-refractivity contribution in [3.8, 4) is 0 Å². The molecular weight excluding hydrogens is 412 g/mol. The number of sulfonamides is 1. The predicted octanol–water partition coefficient (Wildman–Crippen LogP) is 2.29. The molecule has 9 heteroatoms. The molecule has 1 atom stereocenters. The Morgan fingerprint density at radius 2 is 1.67 bits per heavy atom. The van der Waals surface area contributed by atoms with Gasteiger partial charge in [0, 0.05) is 32.2 Å². The van der Waals surface area contributed by atoms with Crippen LogP contribution in [-0.2, 0) is 14.8 Å². The van der Waals surface area contributed by atoms with Gasteiger partial charge >= 0.3 is 0 Å². The number of nitrogens with one attached hydrogen (secondary N) is 1. The lowest BCUT2D eigenvalue weighted by atomic mass is 10.0. The van der Waals surface area contributed by atoms with Crippen LogP contribution in [-0.4, -0.2) is 55.8 Å². The summed E-state index contributed by atoms with van der Waals surface area (Å²) in [4.78, 5) is 14.2. The maximum Gasteiger partial charge on any atom is 0.246 e. The maximum absolute atomic E-state index is 14.0. The highest BCUT2D eigenvalue weighted by Crippen LogP contribution is 2.28. The summed E-state index contributed by atoms with van der Waals surface area (Å²) in [6.07, 6.45) is 1.94. The highest BCUT2D eigenvalue weighted by molar-refractivity contribution is 7.89. The number of carbonyl (C=O) groups is 1. The molecule has 0 radical (unpaired) electrons. The Kier molecular flexibility index (Phi) is 5.86. The zero-order valence-electron chi connectivity index (χ0n) is 16.3. The highest BCUT2D eigenvalue weighted by Gasteiger charge is 2.37. The van der Waals surface area contributed by atoms with Crippen LogP contribution in [0, 0.1) is 11.6 Å². The Labute approximate surface area is 174 Å². The Balaban J connectivity index is 1.51. The van der Waals surface area contributed by atoms with Crippen molar-refractivity contribution in [1.29, 1.82) is 0 Å². The lowest BCUT2D eigenvalue weighted by Crippen LogP contribution is -2.52. The molecule has 2 aromatic carbocycles. The second-order valence-corrected chi connectivity index (χ2v) is 9.52. The van der Waals surface area contributed by atoms with E-state index in [2.05, 4.69) is 5.32 Å². The van der Waals surface area contributed by atoms with Crippen molar-refractivity contribution < 1.29 is 22.0 Å². The number of carbonyl (C=O) groups excluding carboxylic acids is 1. The first-order valence-corrected chi connectivity index (χ1v) is 11.3. The molecule has 6 nitrogen and oxygen atoms in total. The van der Waals surface area contributed by atoms with Gasteiger partial charge in [0.25, 0.3) is 0 Å². The smallest absolute Gasteiger partial charge is 0.246 e. The van der Waals surface area contributed by atoms with Crippen LogP contribution in [0.1, 0.15) is 24.4 Å². The predicted molar refractivity (Wildman–Crippen MR) is 107 cm³/mol. The largest absolute Gasteiger partial charge is 0.352 e. The molecular formula is C21H23F2N3O3S. The summed E-state index contributed by atoms with van der Waals surface area (Å²) in [5, 5.41) is 3.03. The zero-order chi connectivity index (χ0) is 21.3. The number of hydrogen-bond acceptors (Lipinski definition) is 4. The molecule has 1 heterocycles. The van der Waals surface area contributed by atoms with E-state index in [9.17, 15) is 22.0 Å².